The van der Waals surface area contributed by atoms with Crippen molar-refractivity contribution in [3.8, 4) is 0 Å². The van der Waals surface area contributed by atoms with Crippen molar-refractivity contribution in [3.05, 3.63) is 0 Å². The third-order valence-corrected chi connectivity index (χ3v) is 4.78. The molecule has 0 aromatic carbocycles. The highest BCUT2D eigenvalue weighted by Gasteiger charge is 2.41. The van der Waals surface area contributed by atoms with Crippen molar-refractivity contribution in [1.82, 2.24) is 10.6 Å². The van der Waals surface area contributed by atoms with Crippen LogP contribution in [-0.4, -0.2) is 25.0 Å². The van der Waals surface area contributed by atoms with Crippen LogP contribution in [0.3, 0.4) is 0 Å². The molecule has 19 heavy (non-hydrogen) atoms. The van der Waals surface area contributed by atoms with Crippen LogP contribution in [0.4, 0.5) is 0 Å². The van der Waals surface area contributed by atoms with E-state index >= 15 is 0 Å². The molecule has 1 aliphatic carbocycles. The summed E-state index contributed by atoms with van der Waals surface area (Å²) in [4.78, 5) is 12.5. The number of amides is 1. The fraction of sp³-hybridized carbons (Fsp3) is 0.938. The zero-order valence-corrected chi connectivity index (χ0v) is 12.6. The highest BCUT2D eigenvalue weighted by molar-refractivity contribution is 5.82. The van der Waals surface area contributed by atoms with Gasteiger partial charge in [0.2, 0.25) is 5.91 Å². The summed E-state index contributed by atoms with van der Waals surface area (Å²) >= 11 is 0. The third-order valence-electron chi connectivity index (χ3n) is 4.78. The molecule has 2 N–H and O–H groups in total. The standard InChI is InChI=1S/C16H30N2O/c1-13(2)12-16(8-3-4-9-16)15(19)18-11-7-14-6-5-10-17-14/h13-14,17H,3-12H2,1-2H3,(H,18,19)/t14-/m0/s1. The van der Waals surface area contributed by atoms with Gasteiger partial charge in [0.15, 0.2) is 0 Å². The van der Waals surface area contributed by atoms with Gasteiger partial charge in [-0.15, -0.1) is 0 Å². The van der Waals surface area contributed by atoms with Crippen molar-refractivity contribution in [2.45, 2.75) is 71.3 Å². The lowest BCUT2D eigenvalue weighted by molar-refractivity contribution is -0.131. The Balaban J connectivity index is 1.78. The molecule has 1 amide bonds. The van der Waals surface area contributed by atoms with Gasteiger partial charge in [0.25, 0.3) is 0 Å². The molecule has 3 nitrogen and oxygen atoms in total. The van der Waals surface area contributed by atoms with E-state index in [0.717, 1.165) is 38.8 Å². The Morgan fingerprint density at radius 1 is 1.32 bits per heavy atom. The van der Waals surface area contributed by atoms with Crippen LogP contribution in [0.5, 0.6) is 0 Å². The summed E-state index contributed by atoms with van der Waals surface area (Å²) in [6.07, 6.45) is 9.35. The minimum absolute atomic E-state index is 0.0444. The van der Waals surface area contributed by atoms with Gasteiger partial charge >= 0.3 is 0 Å². The molecule has 0 unspecified atom stereocenters. The summed E-state index contributed by atoms with van der Waals surface area (Å²) in [6, 6.07) is 0.630. The lowest BCUT2D eigenvalue weighted by Crippen LogP contribution is -2.41. The minimum atomic E-state index is -0.0444. The second kappa shape index (κ2) is 6.74. The maximum atomic E-state index is 12.5. The monoisotopic (exact) mass is 266 g/mol. The number of rotatable bonds is 6. The van der Waals surface area contributed by atoms with Gasteiger partial charge in [-0.25, -0.2) is 0 Å². The van der Waals surface area contributed by atoms with Gasteiger partial charge in [-0.1, -0.05) is 26.7 Å². The Morgan fingerprint density at radius 2 is 2.05 bits per heavy atom. The summed E-state index contributed by atoms with van der Waals surface area (Å²) in [7, 11) is 0. The van der Waals surface area contributed by atoms with Crippen LogP contribution in [0.1, 0.15) is 65.2 Å². The van der Waals surface area contributed by atoms with Gasteiger partial charge in [0.05, 0.1) is 0 Å². The van der Waals surface area contributed by atoms with Crippen LogP contribution in [0, 0.1) is 11.3 Å². The molecule has 1 saturated carbocycles. The second-order valence-electron chi connectivity index (χ2n) is 6.92. The lowest BCUT2D eigenvalue weighted by Gasteiger charge is -2.29. The molecule has 1 saturated heterocycles. The smallest absolute Gasteiger partial charge is 0.226 e. The maximum absolute atomic E-state index is 12.5. The van der Waals surface area contributed by atoms with E-state index in [9.17, 15) is 4.79 Å². The van der Waals surface area contributed by atoms with Crippen LogP contribution in [-0.2, 0) is 4.79 Å². The first-order valence-corrected chi connectivity index (χ1v) is 8.14. The molecule has 1 atom stereocenters. The minimum Gasteiger partial charge on any atom is -0.356 e. The average molecular weight is 266 g/mol. The molecule has 0 aromatic heterocycles. The number of carbonyl (C=O) groups excluding carboxylic acids is 1. The topological polar surface area (TPSA) is 41.1 Å². The van der Waals surface area contributed by atoms with Gasteiger partial charge in [0.1, 0.15) is 0 Å². The van der Waals surface area contributed by atoms with Crippen molar-refractivity contribution < 1.29 is 4.79 Å². The first-order valence-electron chi connectivity index (χ1n) is 8.14. The Morgan fingerprint density at radius 3 is 2.63 bits per heavy atom. The van der Waals surface area contributed by atoms with E-state index in [1.807, 2.05) is 0 Å². The van der Waals surface area contributed by atoms with Crippen LogP contribution in [0.15, 0.2) is 0 Å². The molecule has 0 spiro atoms. The zero-order chi connectivity index (χ0) is 13.7. The number of hydrogen-bond acceptors (Lipinski definition) is 2. The Kier molecular flexibility index (Phi) is 5.26. The van der Waals surface area contributed by atoms with Gasteiger partial charge in [-0.2, -0.15) is 0 Å². The predicted octanol–water partition coefficient (Wildman–Crippen LogP) is 2.85. The summed E-state index contributed by atoms with van der Waals surface area (Å²) in [5, 5.41) is 6.71. The first-order chi connectivity index (χ1) is 9.12. The summed E-state index contributed by atoms with van der Waals surface area (Å²) in [5.74, 6) is 0.942. The lowest BCUT2D eigenvalue weighted by atomic mass is 9.77. The summed E-state index contributed by atoms with van der Waals surface area (Å²) in [5.41, 5.74) is -0.0444. The van der Waals surface area contributed by atoms with Crippen LogP contribution in [0.25, 0.3) is 0 Å². The van der Waals surface area contributed by atoms with E-state index in [2.05, 4.69) is 24.5 Å². The highest BCUT2D eigenvalue weighted by Crippen LogP contribution is 2.43. The molecule has 0 radical (unpaired) electrons. The number of nitrogens with one attached hydrogen (secondary N) is 2. The van der Waals surface area contributed by atoms with Gasteiger partial charge in [0, 0.05) is 18.0 Å². The quantitative estimate of drug-likeness (QED) is 0.776. The van der Waals surface area contributed by atoms with Crippen LogP contribution in [0.2, 0.25) is 0 Å². The molecule has 1 heterocycles. The van der Waals surface area contributed by atoms with Crippen LogP contribution < -0.4 is 10.6 Å². The Hall–Kier alpha value is -0.570. The van der Waals surface area contributed by atoms with E-state index in [1.165, 1.54) is 25.7 Å². The molecule has 110 valence electrons. The molecule has 2 rings (SSSR count). The van der Waals surface area contributed by atoms with Gasteiger partial charge < -0.3 is 10.6 Å². The van der Waals surface area contributed by atoms with Crippen molar-refractivity contribution in [1.29, 1.82) is 0 Å². The summed E-state index contributed by atoms with van der Waals surface area (Å²) in [6.45, 7) is 6.46. The van der Waals surface area contributed by atoms with E-state index in [4.69, 9.17) is 0 Å². The molecular weight excluding hydrogens is 236 g/mol. The van der Waals surface area contributed by atoms with Gasteiger partial charge in [-0.3, -0.25) is 4.79 Å². The largest absolute Gasteiger partial charge is 0.356 e. The predicted molar refractivity (Wildman–Crippen MR) is 79.0 cm³/mol. The summed E-state index contributed by atoms with van der Waals surface area (Å²) < 4.78 is 0. The molecule has 0 bridgehead atoms. The SMILES string of the molecule is CC(C)CC1(C(=O)NCC[C@@H]2CCCN2)CCCC1. The zero-order valence-electron chi connectivity index (χ0n) is 12.6. The van der Waals surface area contributed by atoms with Crippen molar-refractivity contribution in [2.24, 2.45) is 11.3 Å². The van der Waals surface area contributed by atoms with E-state index in [-0.39, 0.29) is 5.41 Å². The second-order valence-corrected chi connectivity index (χ2v) is 6.92. The third kappa shape index (κ3) is 3.95. The molecule has 0 aromatic rings. The van der Waals surface area contributed by atoms with Crippen molar-refractivity contribution in [3.63, 3.8) is 0 Å². The average Bonchev–Trinajstić information content (AvgIpc) is 3.00. The fourth-order valence-corrected chi connectivity index (χ4v) is 3.91. The van der Waals surface area contributed by atoms with Gasteiger partial charge in [-0.05, 0) is 51.0 Å². The Bertz CT molecular complexity index is 289. The maximum Gasteiger partial charge on any atom is 0.226 e. The highest BCUT2D eigenvalue weighted by atomic mass is 16.2. The van der Waals surface area contributed by atoms with E-state index in [1.54, 1.807) is 0 Å². The normalized spacial score (nSPS) is 25.9. The van der Waals surface area contributed by atoms with E-state index in [0.29, 0.717) is 17.9 Å². The van der Waals surface area contributed by atoms with Crippen molar-refractivity contribution >= 4 is 5.91 Å². The van der Waals surface area contributed by atoms with Crippen LogP contribution >= 0.6 is 0 Å². The molecule has 2 aliphatic rings. The number of carbonyl (C=O) groups is 1. The Labute approximate surface area is 117 Å². The first kappa shape index (κ1) is 14.8. The van der Waals surface area contributed by atoms with Crippen molar-refractivity contribution in [2.75, 3.05) is 13.1 Å². The molecule has 3 heteroatoms. The molecule has 1 aliphatic heterocycles. The molecular formula is C16H30N2O. The van der Waals surface area contributed by atoms with E-state index < -0.39 is 0 Å². The number of hydrogen-bond donors (Lipinski definition) is 2. The fourth-order valence-electron chi connectivity index (χ4n) is 3.91. The molecule has 2 fully saturated rings.